The molecule has 0 radical (unpaired) electrons. The van der Waals surface area contributed by atoms with E-state index in [2.05, 4.69) is 10.6 Å². The van der Waals surface area contributed by atoms with E-state index in [0.29, 0.717) is 13.2 Å². The number of nitrogens with two attached hydrogens (primary N) is 1. The van der Waals surface area contributed by atoms with E-state index in [1.807, 2.05) is 31.2 Å². The van der Waals surface area contributed by atoms with E-state index in [1.54, 1.807) is 7.11 Å². The maximum absolute atomic E-state index is 11.4. The van der Waals surface area contributed by atoms with E-state index in [-0.39, 0.29) is 12.1 Å². The van der Waals surface area contributed by atoms with Crippen molar-refractivity contribution in [1.82, 2.24) is 5.32 Å². The Bertz CT molecular complexity index is 349. The normalized spacial score (nSPS) is 11.9. The number of hydrogen-bond acceptors (Lipinski definition) is 3. The summed E-state index contributed by atoms with van der Waals surface area (Å²) in [5, 5.41) is 5.39. The van der Waals surface area contributed by atoms with Gasteiger partial charge in [-0.1, -0.05) is 12.1 Å². The zero-order valence-corrected chi connectivity index (χ0v) is 10.2. The second-order valence-electron chi connectivity index (χ2n) is 3.78. The Balaban J connectivity index is 2.43. The average molecular weight is 237 g/mol. The number of methoxy groups -OCH3 is 1. The van der Waals surface area contributed by atoms with Crippen LogP contribution in [0, 0.1) is 0 Å². The van der Waals surface area contributed by atoms with Gasteiger partial charge in [0.15, 0.2) is 0 Å². The number of anilines is 1. The van der Waals surface area contributed by atoms with E-state index in [4.69, 9.17) is 10.5 Å². The first kappa shape index (κ1) is 13.5. The zero-order valence-electron chi connectivity index (χ0n) is 10.2. The third kappa shape index (κ3) is 4.84. The molecular weight excluding hydrogens is 218 g/mol. The van der Waals surface area contributed by atoms with Crippen LogP contribution in [0.25, 0.3) is 0 Å². The molecule has 94 valence electrons. The summed E-state index contributed by atoms with van der Waals surface area (Å²) < 4.78 is 4.83. The summed E-state index contributed by atoms with van der Waals surface area (Å²) in [4.78, 5) is 11.4. The molecule has 0 aliphatic heterocycles. The Kier molecular flexibility index (Phi) is 5.45. The molecule has 5 nitrogen and oxygen atoms in total. The van der Waals surface area contributed by atoms with Gasteiger partial charge in [-0.15, -0.1) is 0 Å². The Morgan fingerprint density at radius 3 is 2.59 bits per heavy atom. The van der Waals surface area contributed by atoms with E-state index in [9.17, 15) is 4.79 Å². The molecule has 1 rings (SSSR count). The van der Waals surface area contributed by atoms with Gasteiger partial charge in [0.1, 0.15) is 0 Å². The van der Waals surface area contributed by atoms with E-state index in [1.165, 1.54) is 0 Å². The Morgan fingerprint density at radius 1 is 1.41 bits per heavy atom. The van der Waals surface area contributed by atoms with Crippen LogP contribution in [0.2, 0.25) is 0 Å². The van der Waals surface area contributed by atoms with Crippen molar-refractivity contribution in [2.24, 2.45) is 5.73 Å². The first-order valence-electron chi connectivity index (χ1n) is 5.53. The lowest BCUT2D eigenvalue weighted by molar-refractivity contribution is 0.198. The molecule has 0 saturated carbocycles. The minimum absolute atomic E-state index is 0.000389. The largest absolute Gasteiger partial charge is 0.383 e. The molecule has 0 heterocycles. The number of benzene rings is 1. The van der Waals surface area contributed by atoms with Crippen molar-refractivity contribution >= 4 is 11.7 Å². The molecule has 17 heavy (non-hydrogen) atoms. The van der Waals surface area contributed by atoms with E-state index < -0.39 is 0 Å². The molecular formula is C12H19N3O2. The number of nitrogens with one attached hydrogen (secondary N) is 2. The molecule has 5 heteroatoms. The fourth-order valence-corrected chi connectivity index (χ4v) is 1.31. The number of carbonyl (C=O) groups excluding carboxylic acids is 1. The standard InChI is InChI=1S/C12H19N3O2/c1-9(13)10-3-5-11(6-4-10)15-12(16)14-7-8-17-2/h3-6,9H,7-8,13H2,1-2H3,(H2,14,15,16). The van der Waals surface area contributed by atoms with Crippen LogP contribution in [0.5, 0.6) is 0 Å². The van der Waals surface area contributed by atoms with Crippen molar-refractivity contribution in [1.29, 1.82) is 0 Å². The Hall–Kier alpha value is -1.59. The van der Waals surface area contributed by atoms with Crippen molar-refractivity contribution in [2.75, 3.05) is 25.6 Å². The summed E-state index contributed by atoms with van der Waals surface area (Å²) in [7, 11) is 1.59. The van der Waals surface area contributed by atoms with Crippen LogP contribution >= 0.6 is 0 Å². The van der Waals surface area contributed by atoms with Gasteiger partial charge in [-0.25, -0.2) is 4.79 Å². The van der Waals surface area contributed by atoms with E-state index in [0.717, 1.165) is 11.3 Å². The molecule has 0 spiro atoms. The number of carbonyl (C=O) groups is 1. The van der Waals surface area contributed by atoms with Crippen LogP contribution in [0.1, 0.15) is 18.5 Å². The van der Waals surface area contributed by atoms with Crippen LogP contribution in [-0.2, 0) is 4.74 Å². The molecule has 0 fully saturated rings. The molecule has 1 aromatic rings. The van der Waals surface area contributed by atoms with E-state index >= 15 is 0 Å². The lowest BCUT2D eigenvalue weighted by atomic mass is 10.1. The van der Waals surface area contributed by atoms with Gasteiger partial charge in [0.25, 0.3) is 0 Å². The van der Waals surface area contributed by atoms with Gasteiger partial charge < -0.3 is 21.1 Å². The van der Waals surface area contributed by atoms with Crippen molar-refractivity contribution in [3.05, 3.63) is 29.8 Å². The highest BCUT2D eigenvalue weighted by molar-refractivity contribution is 5.89. The highest BCUT2D eigenvalue weighted by Crippen LogP contribution is 2.13. The SMILES string of the molecule is COCCNC(=O)Nc1ccc(C(C)N)cc1. The first-order chi connectivity index (χ1) is 8.13. The Morgan fingerprint density at radius 2 is 2.06 bits per heavy atom. The molecule has 1 aromatic carbocycles. The monoisotopic (exact) mass is 237 g/mol. The van der Waals surface area contributed by atoms with Gasteiger partial charge in [0.05, 0.1) is 6.61 Å². The van der Waals surface area contributed by atoms with Gasteiger partial charge in [0.2, 0.25) is 0 Å². The molecule has 4 N–H and O–H groups in total. The van der Waals surface area contributed by atoms with Crippen molar-refractivity contribution in [3.63, 3.8) is 0 Å². The van der Waals surface area contributed by atoms with Crippen LogP contribution in [-0.4, -0.2) is 26.3 Å². The highest BCUT2D eigenvalue weighted by Gasteiger charge is 2.02. The molecule has 0 aliphatic carbocycles. The fraction of sp³-hybridized carbons (Fsp3) is 0.417. The molecule has 0 aliphatic rings. The van der Waals surface area contributed by atoms with Crippen LogP contribution in [0.15, 0.2) is 24.3 Å². The highest BCUT2D eigenvalue weighted by atomic mass is 16.5. The first-order valence-corrected chi connectivity index (χ1v) is 5.53. The third-order valence-electron chi connectivity index (χ3n) is 2.29. The minimum atomic E-state index is -0.240. The van der Waals surface area contributed by atoms with Crippen molar-refractivity contribution in [2.45, 2.75) is 13.0 Å². The number of hydrogen-bond donors (Lipinski definition) is 3. The van der Waals surface area contributed by atoms with Crippen LogP contribution < -0.4 is 16.4 Å². The molecule has 0 saturated heterocycles. The summed E-state index contributed by atoms with van der Waals surface area (Å²) in [6.45, 7) is 2.90. The van der Waals surface area contributed by atoms with Crippen molar-refractivity contribution in [3.8, 4) is 0 Å². The lowest BCUT2D eigenvalue weighted by Crippen LogP contribution is -2.31. The summed E-state index contributed by atoms with van der Waals surface area (Å²) >= 11 is 0. The predicted molar refractivity (Wildman–Crippen MR) is 67.9 cm³/mol. The molecule has 2 amide bonds. The number of amides is 2. The summed E-state index contributed by atoms with van der Waals surface area (Å²) in [5.74, 6) is 0. The zero-order chi connectivity index (χ0) is 12.7. The van der Waals surface area contributed by atoms with Gasteiger partial charge in [-0.2, -0.15) is 0 Å². The third-order valence-corrected chi connectivity index (χ3v) is 2.29. The number of urea groups is 1. The summed E-state index contributed by atoms with van der Waals surface area (Å²) in [6, 6.07) is 7.21. The topological polar surface area (TPSA) is 76.4 Å². The second kappa shape index (κ2) is 6.88. The van der Waals surface area contributed by atoms with Crippen LogP contribution in [0.3, 0.4) is 0 Å². The van der Waals surface area contributed by atoms with Crippen molar-refractivity contribution < 1.29 is 9.53 Å². The fourth-order valence-electron chi connectivity index (χ4n) is 1.31. The van der Waals surface area contributed by atoms with Gasteiger partial charge >= 0.3 is 6.03 Å². The Labute approximate surface area is 101 Å². The molecule has 1 atom stereocenters. The average Bonchev–Trinajstić information content (AvgIpc) is 2.30. The predicted octanol–water partition coefficient (Wildman–Crippen LogP) is 1.47. The smallest absolute Gasteiger partial charge is 0.319 e. The summed E-state index contributed by atoms with van der Waals surface area (Å²) in [5.41, 5.74) is 7.51. The summed E-state index contributed by atoms with van der Waals surface area (Å²) in [6.07, 6.45) is 0. The minimum Gasteiger partial charge on any atom is -0.383 e. The molecule has 1 unspecified atom stereocenters. The van der Waals surface area contributed by atoms with Gasteiger partial charge in [0, 0.05) is 25.4 Å². The van der Waals surface area contributed by atoms with Crippen LogP contribution in [0.4, 0.5) is 10.5 Å². The van der Waals surface area contributed by atoms with Gasteiger partial charge in [-0.05, 0) is 24.6 Å². The lowest BCUT2D eigenvalue weighted by Gasteiger charge is -2.09. The quantitative estimate of drug-likeness (QED) is 0.679. The molecule has 0 bridgehead atoms. The molecule has 0 aromatic heterocycles. The second-order valence-corrected chi connectivity index (χ2v) is 3.78. The maximum atomic E-state index is 11.4. The van der Waals surface area contributed by atoms with Gasteiger partial charge in [-0.3, -0.25) is 0 Å². The number of ether oxygens (including phenoxy) is 1. The maximum Gasteiger partial charge on any atom is 0.319 e. The number of rotatable bonds is 5.